The molecule has 7 rings (SSSR count). The predicted molar refractivity (Wildman–Crippen MR) is 256 cm³/mol. The molecule has 2 aromatic carbocycles. The van der Waals surface area contributed by atoms with Crippen LogP contribution in [0.3, 0.4) is 0 Å². The highest BCUT2D eigenvalue weighted by Gasteiger charge is 2.43. The third-order valence-electron chi connectivity index (χ3n) is 13.5. The Bertz CT molecular complexity index is 2470. The van der Waals surface area contributed by atoms with Crippen LogP contribution in [0.15, 0.2) is 73.4 Å². The maximum atomic E-state index is 14.5. The van der Waals surface area contributed by atoms with Crippen molar-refractivity contribution in [1.82, 2.24) is 35.1 Å². The number of benzene rings is 2. The lowest BCUT2D eigenvalue weighted by Crippen LogP contribution is -2.62. The number of hydrogen-bond donors (Lipinski definition) is 2. The second-order valence-electron chi connectivity index (χ2n) is 18.9. The minimum absolute atomic E-state index is 0.198. The predicted octanol–water partition coefficient (Wildman–Crippen LogP) is 6.03. The molecule has 67 heavy (non-hydrogen) atoms. The fourth-order valence-corrected chi connectivity index (χ4v) is 9.75. The number of fused-ring (bicyclic) bond motifs is 1. The zero-order chi connectivity index (χ0) is 48.0. The van der Waals surface area contributed by atoms with Gasteiger partial charge in [0.05, 0.1) is 36.1 Å². The van der Waals surface area contributed by atoms with E-state index in [-0.39, 0.29) is 49.4 Å². The number of pyridine rings is 1. The summed E-state index contributed by atoms with van der Waals surface area (Å²) in [5.41, 5.74) is 10.6. The van der Waals surface area contributed by atoms with Crippen LogP contribution in [0, 0.1) is 11.3 Å². The van der Waals surface area contributed by atoms with Crippen molar-refractivity contribution in [3.05, 3.63) is 90.3 Å². The van der Waals surface area contributed by atoms with Gasteiger partial charge in [-0.2, -0.15) is 0 Å². The monoisotopic (exact) mass is 918 g/mol. The number of rotatable bonds is 18. The fraction of sp³-hybridized carbons (Fsp3) is 0.500. The molecule has 5 atom stereocenters. The number of likely N-dealkylation sites (tertiary alicyclic amines) is 1. The first-order valence-corrected chi connectivity index (χ1v) is 23.6. The summed E-state index contributed by atoms with van der Waals surface area (Å²) < 4.78 is 19.6. The summed E-state index contributed by atoms with van der Waals surface area (Å²) in [6, 6.07) is 16.6. The lowest BCUT2D eigenvalue weighted by atomic mass is 9.84. The Hall–Kier alpha value is -5.90. The number of amides is 4. The number of aryl methyl sites for hydroxylation is 1. The molecule has 0 aliphatic carbocycles. The third kappa shape index (κ3) is 11.0. The van der Waals surface area contributed by atoms with E-state index in [0.29, 0.717) is 52.0 Å². The summed E-state index contributed by atoms with van der Waals surface area (Å²) in [6.07, 6.45) is 5.88. The number of nitrogens with zero attached hydrogens (tertiary/aromatic N) is 5. The topological polar surface area (TPSA) is 165 Å². The molecule has 4 aromatic rings. The molecule has 5 heterocycles. The van der Waals surface area contributed by atoms with E-state index < -0.39 is 35.4 Å². The van der Waals surface area contributed by atoms with Gasteiger partial charge in [0.1, 0.15) is 12.1 Å². The number of hydrogen-bond acceptors (Lipinski definition) is 10. The quantitative estimate of drug-likeness (QED) is 0.0890. The van der Waals surface area contributed by atoms with Gasteiger partial charge in [0, 0.05) is 94.9 Å². The first-order valence-electron chi connectivity index (χ1n) is 23.6. The van der Waals surface area contributed by atoms with E-state index in [4.69, 9.17) is 19.2 Å². The fourth-order valence-electron chi connectivity index (χ4n) is 9.75. The normalized spacial score (nSPS) is 18.7. The van der Waals surface area contributed by atoms with Crippen molar-refractivity contribution in [3.8, 4) is 22.4 Å². The third-order valence-corrected chi connectivity index (χ3v) is 13.5. The Morgan fingerprint density at radius 3 is 2.51 bits per heavy atom. The van der Waals surface area contributed by atoms with E-state index >= 15 is 0 Å². The van der Waals surface area contributed by atoms with Crippen molar-refractivity contribution in [3.63, 3.8) is 0 Å². The van der Waals surface area contributed by atoms with Crippen molar-refractivity contribution in [1.29, 1.82) is 0 Å². The van der Waals surface area contributed by atoms with E-state index in [1.54, 1.807) is 30.3 Å². The lowest BCUT2D eigenvalue weighted by Gasteiger charge is -2.40. The smallest absolute Gasteiger partial charge is 0.302 e. The molecule has 2 aromatic heterocycles. The van der Waals surface area contributed by atoms with Gasteiger partial charge < -0.3 is 33.9 Å². The van der Waals surface area contributed by atoms with Crippen molar-refractivity contribution >= 4 is 40.5 Å². The molecule has 4 amide bonds. The van der Waals surface area contributed by atoms with E-state index in [1.807, 2.05) is 31.2 Å². The van der Waals surface area contributed by atoms with Crippen LogP contribution in [0.5, 0.6) is 0 Å². The largest absolute Gasteiger partial charge is 0.465 e. The summed E-state index contributed by atoms with van der Waals surface area (Å²) >= 11 is 0. The zero-order valence-electron chi connectivity index (χ0n) is 40.1. The molecule has 0 radical (unpaired) electrons. The van der Waals surface area contributed by atoms with Gasteiger partial charge in [-0.15, -0.1) is 0 Å². The van der Waals surface area contributed by atoms with Gasteiger partial charge >= 0.3 is 5.97 Å². The molecule has 15 heteroatoms. The molecular formula is C52H67N7O8. The molecule has 358 valence electrons. The maximum absolute atomic E-state index is 14.5. The van der Waals surface area contributed by atoms with Gasteiger partial charge in [-0.1, -0.05) is 50.8 Å². The average molecular weight is 918 g/mol. The number of likely N-dealkylation sites (N-methyl/N-ethyl adjacent to an activating group) is 1. The number of nitrogens with one attached hydrogen (secondary N) is 2. The molecule has 3 fully saturated rings. The van der Waals surface area contributed by atoms with Crippen LogP contribution < -0.4 is 10.7 Å². The highest BCUT2D eigenvalue weighted by molar-refractivity contribution is 5.96. The van der Waals surface area contributed by atoms with E-state index in [2.05, 4.69) is 73.0 Å². The van der Waals surface area contributed by atoms with Crippen LogP contribution in [-0.2, 0) is 57.6 Å². The Balaban J connectivity index is 1.23. The van der Waals surface area contributed by atoms with E-state index in [0.717, 1.165) is 62.9 Å². The Labute approximate surface area is 394 Å². The molecule has 0 spiro atoms. The van der Waals surface area contributed by atoms with Gasteiger partial charge in [0.2, 0.25) is 17.7 Å². The molecule has 0 unspecified atom stereocenters. The van der Waals surface area contributed by atoms with Gasteiger partial charge in [0.25, 0.3) is 5.91 Å². The Morgan fingerprint density at radius 2 is 1.84 bits per heavy atom. The van der Waals surface area contributed by atoms with Crippen molar-refractivity contribution < 1.29 is 38.2 Å². The van der Waals surface area contributed by atoms with Gasteiger partial charge in [0.15, 0.2) is 0 Å². The molecule has 3 aliphatic heterocycles. The van der Waals surface area contributed by atoms with Crippen molar-refractivity contribution in [2.45, 2.75) is 104 Å². The first-order chi connectivity index (χ1) is 32.1. The van der Waals surface area contributed by atoms with Crippen LogP contribution in [-0.4, -0.2) is 126 Å². The summed E-state index contributed by atoms with van der Waals surface area (Å²) in [4.78, 5) is 75.0. The molecule has 0 saturated carbocycles. The highest BCUT2D eigenvalue weighted by Crippen LogP contribution is 2.42. The number of hydrazine groups is 1. The standard InChI is InChI=1S/C52H67N7O8/c1-9-45(61)57-25-20-38(31-57)50(63)56(7)48(44-21-26-66-44)49(62)55-42(51(64)59-24-12-11-23-54-59)28-35-15-13-16-36(27-35)37-18-19-43-40(29-37)41(30-52(5,6)32-67-34(4)60)47(58(43)10-2)39-17-14-22-53-46(39)33(3)65-8/h9,13-19,22,27,29,33,38,42,44,48,54H,1,10-12,20-21,23-26,28,30-32H2,2-8H3,(H,55,62)/t33-,38-,42-,44-,48-/m0/s1. The van der Waals surface area contributed by atoms with E-state index in [1.165, 1.54) is 17.9 Å². The minimum atomic E-state index is -0.970. The lowest BCUT2D eigenvalue weighted by molar-refractivity contribution is -0.157. The second kappa shape index (κ2) is 21.4. The second-order valence-corrected chi connectivity index (χ2v) is 18.9. The first kappa shape index (κ1) is 49.0. The van der Waals surface area contributed by atoms with Crippen LogP contribution in [0.25, 0.3) is 33.3 Å². The Morgan fingerprint density at radius 1 is 1.06 bits per heavy atom. The van der Waals surface area contributed by atoms with E-state index in [9.17, 15) is 24.0 Å². The van der Waals surface area contributed by atoms with Crippen molar-refractivity contribution in [2.75, 3.05) is 53.6 Å². The number of esters is 1. The molecule has 2 N–H and O–H groups in total. The zero-order valence-corrected chi connectivity index (χ0v) is 40.1. The molecular weight excluding hydrogens is 851 g/mol. The van der Waals surface area contributed by atoms with Crippen LogP contribution in [0.2, 0.25) is 0 Å². The molecule has 15 nitrogen and oxygen atoms in total. The maximum Gasteiger partial charge on any atom is 0.302 e. The van der Waals surface area contributed by atoms with Crippen LogP contribution >= 0.6 is 0 Å². The number of aromatic nitrogens is 2. The summed E-state index contributed by atoms with van der Waals surface area (Å²) in [5.74, 6) is -2.00. The minimum Gasteiger partial charge on any atom is -0.465 e. The van der Waals surface area contributed by atoms with Crippen LogP contribution in [0.4, 0.5) is 0 Å². The van der Waals surface area contributed by atoms with Gasteiger partial charge in [-0.3, -0.25) is 34.0 Å². The molecule has 0 bridgehead atoms. The van der Waals surface area contributed by atoms with Gasteiger partial charge in [-0.05, 0) is 98.5 Å². The number of carbonyl (C=O) groups is 5. The number of ether oxygens (including phenoxy) is 3. The highest BCUT2D eigenvalue weighted by atomic mass is 16.5. The SMILES string of the molecule is C=CC(=O)N1CC[C@H](C(=O)N(C)[C@H](C(=O)N[C@@H](Cc2cccc(-c3ccc4c(c3)c(CC(C)(C)COC(C)=O)c(-c3cccnc3[C@H](C)OC)n4CC)c2)C(=O)N2CCCCN2)[C@@H]2CCO2)C1. The Kier molecular flexibility index (Phi) is 15.6. The number of methoxy groups -OCH3 is 1. The van der Waals surface area contributed by atoms with Crippen molar-refractivity contribution in [2.24, 2.45) is 11.3 Å². The number of carbonyl (C=O) groups excluding carboxylic acids is 5. The molecule has 3 saturated heterocycles. The van der Waals surface area contributed by atoms with Crippen LogP contribution in [0.1, 0.15) is 83.2 Å². The summed E-state index contributed by atoms with van der Waals surface area (Å²) in [7, 11) is 3.29. The molecule has 3 aliphatic rings. The average Bonchev–Trinajstić information content (AvgIpc) is 3.94. The van der Waals surface area contributed by atoms with Gasteiger partial charge in [-0.25, -0.2) is 5.43 Å². The summed E-state index contributed by atoms with van der Waals surface area (Å²) in [5, 5.41) is 5.74. The summed E-state index contributed by atoms with van der Waals surface area (Å²) in [6.45, 7) is 16.6.